The Hall–Kier alpha value is -2.24. The smallest absolute Gasteiger partial charge is 0.227 e. The van der Waals surface area contributed by atoms with E-state index in [9.17, 15) is 9.59 Å². The number of amides is 2. The summed E-state index contributed by atoms with van der Waals surface area (Å²) >= 11 is 0. The highest BCUT2D eigenvalue weighted by atomic mass is 16.5. The Kier molecular flexibility index (Phi) is 6.24. The summed E-state index contributed by atoms with van der Waals surface area (Å²) in [6.45, 7) is 8.29. The Labute approximate surface area is 162 Å². The van der Waals surface area contributed by atoms with Gasteiger partial charge in [-0.3, -0.25) is 9.59 Å². The van der Waals surface area contributed by atoms with Crippen LogP contribution in [0.3, 0.4) is 0 Å². The first kappa shape index (κ1) is 19.5. The van der Waals surface area contributed by atoms with E-state index in [4.69, 9.17) is 4.74 Å². The van der Waals surface area contributed by atoms with Crippen molar-refractivity contribution in [2.24, 2.45) is 11.8 Å². The molecule has 1 unspecified atom stereocenters. The van der Waals surface area contributed by atoms with Gasteiger partial charge in [-0.15, -0.1) is 0 Å². The fraction of sp³-hybridized carbons (Fsp3) is 0.619. The summed E-state index contributed by atoms with van der Waals surface area (Å²) in [6.07, 6.45) is 1.80. The predicted molar refractivity (Wildman–Crippen MR) is 106 cm³/mol. The minimum atomic E-state index is -0.0511. The van der Waals surface area contributed by atoms with Crippen molar-refractivity contribution in [2.45, 2.75) is 26.7 Å². The molecule has 2 saturated heterocycles. The van der Waals surface area contributed by atoms with Crippen molar-refractivity contribution >= 4 is 17.5 Å². The van der Waals surface area contributed by atoms with E-state index in [1.54, 1.807) is 7.11 Å². The Morgan fingerprint density at radius 1 is 1.07 bits per heavy atom. The fourth-order valence-corrected chi connectivity index (χ4v) is 3.99. The van der Waals surface area contributed by atoms with Gasteiger partial charge in [0.25, 0.3) is 0 Å². The molecule has 0 spiro atoms. The number of piperidine rings is 1. The van der Waals surface area contributed by atoms with Crippen molar-refractivity contribution in [1.82, 2.24) is 9.80 Å². The Balaban J connectivity index is 1.55. The summed E-state index contributed by atoms with van der Waals surface area (Å²) in [4.78, 5) is 31.4. The van der Waals surface area contributed by atoms with Crippen LogP contribution < -0.4 is 9.64 Å². The van der Waals surface area contributed by atoms with Gasteiger partial charge in [-0.25, -0.2) is 0 Å². The summed E-state index contributed by atoms with van der Waals surface area (Å²) in [5.74, 6) is 1.16. The van der Waals surface area contributed by atoms with Gasteiger partial charge in [-0.05, 0) is 25.0 Å². The molecular formula is C21H31N3O3. The number of carbonyl (C=O) groups is 2. The molecule has 6 nitrogen and oxygen atoms in total. The lowest BCUT2D eigenvalue weighted by atomic mass is 9.95. The van der Waals surface area contributed by atoms with Gasteiger partial charge in [-0.2, -0.15) is 0 Å². The lowest BCUT2D eigenvalue weighted by molar-refractivity contribution is -0.142. The van der Waals surface area contributed by atoms with Gasteiger partial charge >= 0.3 is 0 Å². The van der Waals surface area contributed by atoms with Crippen molar-refractivity contribution in [3.8, 4) is 5.75 Å². The zero-order chi connectivity index (χ0) is 19.4. The molecule has 2 aliphatic rings. The average molecular weight is 373 g/mol. The van der Waals surface area contributed by atoms with E-state index in [0.29, 0.717) is 6.54 Å². The summed E-state index contributed by atoms with van der Waals surface area (Å²) in [7, 11) is 1.67. The maximum atomic E-state index is 13.0. The van der Waals surface area contributed by atoms with Crippen LogP contribution in [0.25, 0.3) is 0 Å². The molecule has 6 heteroatoms. The van der Waals surface area contributed by atoms with E-state index < -0.39 is 0 Å². The Bertz CT molecular complexity index is 668. The van der Waals surface area contributed by atoms with E-state index >= 15 is 0 Å². The van der Waals surface area contributed by atoms with Crippen LogP contribution in [0.1, 0.15) is 26.7 Å². The average Bonchev–Trinajstić information content (AvgIpc) is 2.72. The van der Waals surface area contributed by atoms with E-state index in [-0.39, 0.29) is 23.7 Å². The van der Waals surface area contributed by atoms with E-state index in [0.717, 1.165) is 57.0 Å². The summed E-state index contributed by atoms with van der Waals surface area (Å²) in [5, 5.41) is 0. The number of ether oxygens (including phenoxy) is 1. The standard InChI is InChI=1S/C21H31N3O3/c1-16(2)20(25)24-9-5-6-17(15-24)21(26)23-12-10-22(11-13-23)18-7-4-8-19(14-18)27-3/h4,7-8,14,16-17H,5-6,9-13,15H2,1-3H3. The molecule has 2 amide bonds. The molecule has 1 atom stereocenters. The molecule has 1 aromatic carbocycles. The molecule has 0 bridgehead atoms. The Morgan fingerprint density at radius 2 is 1.81 bits per heavy atom. The van der Waals surface area contributed by atoms with E-state index in [1.165, 1.54) is 0 Å². The van der Waals surface area contributed by atoms with Crippen LogP contribution in [-0.4, -0.2) is 68.0 Å². The van der Waals surface area contributed by atoms with Crippen LogP contribution in [-0.2, 0) is 9.59 Å². The van der Waals surface area contributed by atoms with Crippen molar-refractivity contribution in [3.05, 3.63) is 24.3 Å². The summed E-state index contributed by atoms with van der Waals surface area (Å²) < 4.78 is 5.31. The minimum Gasteiger partial charge on any atom is -0.497 e. The maximum absolute atomic E-state index is 13.0. The Morgan fingerprint density at radius 3 is 2.48 bits per heavy atom. The number of hydrogen-bond acceptors (Lipinski definition) is 4. The van der Waals surface area contributed by atoms with Crippen LogP contribution in [0, 0.1) is 11.8 Å². The van der Waals surface area contributed by atoms with E-state index in [2.05, 4.69) is 11.0 Å². The van der Waals surface area contributed by atoms with Gasteiger partial charge in [0.1, 0.15) is 5.75 Å². The highest BCUT2D eigenvalue weighted by Crippen LogP contribution is 2.24. The summed E-state index contributed by atoms with van der Waals surface area (Å²) in [6, 6.07) is 8.05. The topological polar surface area (TPSA) is 53.1 Å². The second kappa shape index (κ2) is 8.63. The molecule has 2 aliphatic heterocycles. The second-order valence-electron chi connectivity index (χ2n) is 7.79. The quantitative estimate of drug-likeness (QED) is 0.812. The molecule has 1 aromatic rings. The maximum Gasteiger partial charge on any atom is 0.227 e. The largest absolute Gasteiger partial charge is 0.497 e. The molecule has 2 fully saturated rings. The third-order valence-corrected chi connectivity index (χ3v) is 5.59. The van der Waals surface area contributed by atoms with Gasteiger partial charge in [0.05, 0.1) is 13.0 Å². The molecule has 2 heterocycles. The van der Waals surface area contributed by atoms with Gasteiger partial charge < -0.3 is 19.4 Å². The molecule has 0 radical (unpaired) electrons. The van der Waals surface area contributed by atoms with Crippen molar-refractivity contribution in [2.75, 3.05) is 51.3 Å². The number of nitrogens with zero attached hydrogens (tertiary/aromatic N) is 3. The van der Waals surface area contributed by atoms with Crippen molar-refractivity contribution in [3.63, 3.8) is 0 Å². The molecule has 148 valence electrons. The number of rotatable bonds is 4. The highest BCUT2D eigenvalue weighted by Gasteiger charge is 2.33. The number of piperazine rings is 1. The molecular weight excluding hydrogens is 342 g/mol. The van der Waals surface area contributed by atoms with Gasteiger partial charge in [0, 0.05) is 56.9 Å². The van der Waals surface area contributed by atoms with E-state index in [1.807, 2.05) is 41.8 Å². The predicted octanol–water partition coefficient (Wildman–Crippen LogP) is 2.24. The number of anilines is 1. The number of methoxy groups -OCH3 is 1. The van der Waals surface area contributed by atoms with Crippen LogP contribution in [0.2, 0.25) is 0 Å². The fourth-order valence-electron chi connectivity index (χ4n) is 3.99. The summed E-state index contributed by atoms with van der Waals surface area (Å²) in [5.41, 5.74) is 1.13. The monoisotopic (exact) mass is 373 g/mol. The van der Waals surface area contributed by atoms with Crippen LogP contribution >= 0.6 is 0 Å². The molecule has 0 N–H and O–H groups in total. The van der Waals surface area contributed by atoms with Gasteiger partial charge in [0.2, 0.25) is 11.8 Å². The third kappa shape index (κ3) is 4.54. The lowest BCUT2D eigenvalue weighted by Crippen LogP contribution is -2.53. The molecule has 3 rings (SSSR count). The second-order valence-corrected chi connectivity index (χ2v) is 7.79. The highest BCUT2D eigenvalue weighted by molar-refractivity contribution is 5.82. The van der Waals surface area contributed by atoms with Crippen LogP contribution in [0.4, 0.5) is 5.69 Å². The SMILES string of the molecule is COc1cccc(N2CCN(C(=O)C3CCCN(C(=O)C(C)C)C3)CC2)c1. The van der Waals surface area contributed by atoms with Crippen molar-refractivity contribution in [1.29, 1.82) is 0 Å². The zero-order valence-corrected chi connectivity index (χ0v) is 16.7. The first-order valence-electron chi connectivity index (χ1n) is 9.96. The first-order chi connectivity index (χ1) is 13.0. The minimum absolute atomic E-state index is 0.00902. The molecule has 0 saturated carbocycles. The third-order valence-electron chi connectivity index (χ3n) is 5.59. The molecule has 0 aliphatic carbocycles. The van der Waals surface area contributed by atoms with Crippen LogP contribution in [0.15, 0.2) is 24.3 Å². The van der Waals surface area contributed by atoms with Gasteiger partial charge in [-0.1, -0.05) is 19.9 Å². The number of hydrogen-bond donors (Lipinski definition) is 0. The number of carbonyl (C=O) groups excluding carboxylic acids is 2. The van der Waals surface area contributed by atoms with Crippen LogP contribution in [0.5, 0.6) is 5.75 Å². The van der Waals surface area contributed by atoms with Gasteiger partial charge in [0.15, 0.2) is 0 Å². The zero-order valence-electron chi connectivity index (χ0n) is 16.7. The number of benzene rings is 1. The number of likely N-dealkylation sites (tertiary alicyclic amines) is 1. The lowest BCUT2D eigenvalue weighted by Gasteiger charge is -2.40. The molecule has 0 aromatic heterocycles. The normalized spacial score (nSPS) is 20.7. The first-order valence-corrected chi connectivity index (χ1v) is 9.96. The van der Waals surface area contributed by atoms with Crippen molar-refractivity contribution < 1.29 is 14.3 Å². The molecule has 27 heavy (non-hydrogen) atoms.